The van der Waals surface area contributed by atoms with E-state index in [1.54, 1.807) is 6.92 Å². The van der Waals surface area contributed by atoms with Crippen LogP contribution in [0.4, 0.5) is 10.6 Å². The molecule has 1 aromatic carbocycles. The molecule has 0 atom stereocenters. The first-order chi connectivity index (χ1) is 13.4. The first-order valence-corrected chi connectivity index (χ1v) is 8.85. The molecule has 28 heavy (non-hydrogen) atoms. The summed E-state index contributed by atoms with van der Waals surface area (Å²) in [6, 6.07) is 1.48. The van der Waals surface area contributed by atoms with Crippen molar-refractivity contribution < 1.29 is 19.4 Å². The van der Waals surface area contributed by atoms with E-state index in [-0.39, 0.29) is 30.7 Å². The molecule has 1 aromatic heterocycles. The van der Waals surface area contributed by atoms with Gasteiger partial charge in [-0.25, -0.2) is 9.78 Å². The quantitative estimate of drug-likeness (QED) is 0.512. The number of H-pyrrole nitrogens is 1. The van der Waals surface area contributed by atoms with E-state index in [9.17, 15) is 19.5 Å². The van der Waals surface area contributed by atoms with Gasteiger partial charge in [0.1, 0.15) is 11.5 Å². The zero-order valence-electron chi connectivity index (χ0n) is 15.1. The highest BCUT2D eigenvalue weighted by atomic mass is 16.5. The number of amides is 3. The number of hydrogen-bond acceptors (Lipinski definition) is 6. The van der Waals surface area contributed by atoms with Crippen molar-refractivity contribution in [3.05, 3.63) is 33.7 Å². The van der Waals surface area contributed by atoms with E-state index in [2.05, 4.69) is 25.9 Å². The molecule has 3 heterocycles. The van der Waals surface area contributed by atoms with Crippen molar-refractivity contribution in [3.8, 4) is 22.8 Å². The highest BCUT2D eigenvalue weighted by molar-refractivity contribution is 5.93. The molecule has 10 heteroatoms. The summed E-state index contributed by atoms with van der Waals surface area (Å²) < 4.78 is 5.49. The number of anilines is 1. The van der Waals surface area contributed by atoms with Crippen LogP contribution < -0.4 is 26.2 Å². The summed E-state index contributed by atoms with van der Waals surface area (Å²) in [5, 5.41) is 18.2. The number of hydrogen-bond donors (Lipinski definition) is 5. The molecule has 2 aliphatic heterocycles. The molecule has 4 rings (SSSR count). The van der Waals surface area contributed by atoms with Crippen molar-refractivity contribution in [2.24, 2.45) is 5.92 Å². The van der Waals surface area contributed by atoms with Crippen LogP contribution in [0.2, 0.25) is 0 Å². The van der Waals surface area contributed by atoms with Crippen LogP contribution in [0.25, 0.3) is 11.3 Å². The molecule has 2 aliphatic rings. The van der Waals surface area contributed by atoms with Crippen LogP contribution in [0.3, 0.4) is 0 Å². The van der Waals surface area contributed by atoms with Crippen LogP contribution in [0.5, 0.6) is 11.5 Å². The smallest absolute Gasteiger partial charge is 0.314 e. The van der Waals surface area contributed by atoms with Gasteiger partial charge in [-0.05, 0) is 18.6 Å². The fourth-order valence-corrected chi connectivity index (χ4v) is 3.36. The Labute approximate surface area is 159 Å². The fourth-order valence-electron chi connectivity index (χ4n) is 3.36. The van der Waals surface area contributed by atoms with E-state index in [0.717, 1.165) is 5.56 Å². The maximum Gasteiger partial charge on any atom is 0.314 e. The molecule has 5 N–H and O–H groups in total. The van der Waals surface area contributed by atoms with Crippen LogP contribution in [0.1, 0.15) is 11.1 Å². The molecular weight excluding hydrogens is 366 g/mol. The van der Waals surface area contributed by atoms with Crippen LogP contribution in [0.15, 0.2) is 17.1 Å². The lowest BCUT2D eigenvalue weighted by atomic mass is 9.99. The van der Waals surface area contributed by atoms with Gasteiger partial charge in [0.05, 0.1) is 18.2 Å². The van der Waals surface area contributed by atoms with Gasteiger partial charge in [0, 0.05) is 36.8 Å². The van der Waals surface area contributed by atoms with Crippen LogP contribution in [-0.2, 0) is 11.2 Å². The lowest BCUT2D eigenvalue weighted by molar-refractivity contribution is -0.119. The number of phenols is 1. The number of nitrogens with one attached hydrogen (secondary N) is 4. The Bertz CT molecular complexity index is 1020. The molecule has 10 nitrogen and oxygen atoms in total. The number of aromatic hydroxyl groups is 1. The molecule has 0 saturated carbocycles. The van der Waals surface area contributed by atoms with Gasteiger partial charge in [-0.15, -0.1) is 0 Å². The molecule has 3 amide bonds. The van der Waals surface area contributed by atoms with Crippen molar-refractivity contribution in [2.45, 2.75) is 13.3 Å². The Kier molecular flexibility index (Phi) is 4.38. The number of rotatable bonds is 3. The van der Waals surface area contributed by atoms with E-state index < -0.39 is 17.4 Å². The Balaban J connectivity index is 1.64. The van der Waals surface area contributed by atoms with Gasteiger partial charge in [0.2, 0.25) is 5.91 Å². The minimum atomic E-state index is -0.563. The molecule has 0 unspecified atom stereocenters. The summed E-state index contributed by atoms with van der Waals surface area (Å²) in [5.41, 5.74) is 1.67. The monoisotopic (exact) mass is 385 g/mol. The molecule has 0 bridgehead atoms. The van der Waals surface area contributed by atoms with Crippen molar-refractivity contribution in [3.63, 3.8) is 0 Å². The number of aromatic amines is 1. The average Bonchev–Trinajstić information content (AvgIpc) is 3.13. The van der Waals surface area contributed by atoms with E-state index in [1.807, 2.05) is 6.07 Å². The SMILES string of the molecule is Cc1cc2c(c(O)c1-c1c[nH]c(=O)c(NC(=O)C3CNC(=O)NC3)n1)CCO2. The van der Waals surface area contributed by atoms with Gasteiger partial charge in [0.25, 0.3) is 5.56 Å². The van der Waals surface area contributed by atoms with E-state index in [0.29, 0.717) is 35.6 Å². The number of benzene rings is 1. The molecule has 1 saturated heterocycles. The normalized spacial score (nSPS) is 16.0. The number of aryl methyl sites for hydroxylation is 1. The molecule has 0 aliphatic carbocycles. The van der Waals surface area contributed by atoms with Crippen LogP contribution in [0, 0.1) is 12.8 Å². The largest absolute Gasteiger partial charge is 0.507 e. The predicted octanol–water partition coefficient (Wildman–Crippen LogP) is 0.253. The van der Waals surface area contributed by atoms with Crippen molar-refractivity contribution >= 4 is 17.8 Å². The third-order valence-corrected chi connectivity index (χ3v) is 4.85. The van der Waals surface area contributed by atoms with Gasteiger partial charge in [-0.3, -0.25) is 9.59 Å². The lowest BCUT2D eigenvalue weighted by Gasteiger charge is -2.22. The van der Waals surface area contributed by atoms with Gasteiger partial charge >= 0.3 is 6.03 Å². The number of ether oxygens (including phenoxy) is 1. The summed E-state index contributed by atoms with van der Waals surface area (Å²) in [7, 11) is 0. The molecular formula is C18H19N5O5. The summed E-state index contributed by atoms with van der Waals surface area (Å²) in [6.45, 7) is 2.64. The number of fused-ring (bicyclic) bond motifs is 1. The lowest BCUT2D eigenvalue weighted by Crippen LogP contribution is -2.51. The van der Waals surface area contributed by atoms with Crippen LogP contribution in [-0.4, -0.2) is 46.7 Å². The molecule has 146 valence electrons. The second kappa shape index (κ2) is 6.87. The molecule has 0 spiro atoms. The third kappa shape index (κ3) is 3.13. The highest BCUT2D eigenvalue weighted by Crippen LogP contribution is 2.42. The minimum absolute atomic E-state index is 0.0588. The minimum Gasteiger partial charge on any atom is -0.507 e. The first-order valence-electron chi connectivity index (χ1n) is 8.85. The number of carbonyl (C=O) groups excluding carboxylic acids is 2. The number of urea groups is 1. The zero-order chi connectivity index (χ0) is 19.8. The zero-order valence-corrected chi connectivity index (χ0v) is 15.1. The van der Waals surface area contributed by atoms with Gasteiger partial charge < -0.3 is 30.8 Å². The standard InChI is InChI=1S/C18H19N5O5/c1-8-4-12-10(2-3-28-12)14(24)13(8)11-7-19-17(26)15(22-11)23-16(25)9-5-20-18(27)21-6-9/h4,7,9,24H,2-3,5-6H2,1H3,(H,19,26)(H2,20,21,27)(H,22,23,25). The summed E-state index contributed by atoms with van der Waals surface area (Å²) in [5.74, 6) is -0.442. The Hall–Kier alpha value is -3.56. The summed E-state index contributed by atoms with van der Waals surface area (Å²) in [4.78, 5) is 42.5. The van der Waals surface area contributed by atoms with Crippen molar-refractivity contribution in [2.75, 3.05) is 25.0 Å². The molecule has 0 radical (unpaired) electrons. The summed E-state index contributed by atoms with van der Waals surface area (Å²) >= 11 is 0. The van der Waals surface area contributed by atoms with E-state index in [4.69, 9.17) is 4.74 Å². The fraction of sp³-hybridized carbons (Fsp3) is 0.333. The first kappa shape index (κ1) is 17.8. The number of phenolic OH excluding ortho intramolecular Hbond substituents is 1. The van der Waals surface area contributed by atoms with E-state index in [1.165, 1.54) is 6.20 Å². The van der Waals surface area contributed by atoms with Gasteiger partial charge in [0.15, 0.2) is 5.82 Å². The second-order valence-electron chi connectivity index (χ2n) is 6.73. The van der Waals surface area contributed by atoms with Crippen molar-refractivity contribution in [1.29, 1.82) is 0 Å². The third-order valence-electron chi connectivity index (χ3n) is 4.85. The molecule has 2 aromatic rings. The number of aromatic nitrogens is 2. The Morgan fingerprint density at radius 1 is 1.32 bits per heavy atom. The van der Waals surface area contributed by atoms with E-state index >= 15 is 0 Å². The molecule has 1 fully saturated rings. The Morgan fingerprint density at radius 2 is 2.07 bits per heavy atom. The maximum absolute atomic E-state index is 12.4. The topological polar surface area (TPSA) is 145 Å². The van der Waals surface area contributed by atoms with Crippen molar-refractivity contribution in [1.82, 2.24) is 20.6 Å². The average molecular weight is 385 g/mol. The van der Waals surface area contributed by atoms with Gasteiger partial charge in [-0.2, -0.15) is 0 Å². The summed E-state index contributed by atoms with van der Waals surface area (Å²) in [6.07, 6.45) is 1.98. The second-order valence-corrected chi connectivity index (χ2v) is 6.73. The maximum atomic E-state index is 12.4. The van der Waals surface area contributed by atoms with Crippen LogP contribution >= 0.6 is 0 Å². The predicted molar refractivity (Wildman–Crippen MR) is 99.4 cm³/mol. The number of carbonyl (C=O) groups is 2. The number of nitrogens with zero attached hydrogens (tertiary/aromatic N) is 1. The Morgan fingerprint density at radius 3 is 2.82 bits per heavy atom. The highest BCUT2D eigenvalue weighted by Gasteiger charge is 2.26. The van der Waals surface area contributed by atoms with Gasteiger partial charge in [-0.1, -0.05) is 0 Å².